The number of carbonyl (C=O) groups excluding carboxylic acids is 2. The summed E-state index contributed by atoms with van der Waals surface area (Å²) in [5.74, 6) is -2.44. The van der Waals surface area contributed by atoms with Crippen LogP contribution in [0.2, 0.25) is 0 Å². The number of halogens is 1. The van der Waals surface area contributed by atoms with Gasteiger partial charge in [-0.05, 0) is 50.0 Å². The summed E-state index contributed by atoms with van der Waals surface area (Å²) in [5.41, 5.74) is 0.729. The molecule has 1 aromatic carbocycles. The number of aliphatic carboxylic acids is 1. The average molecular weight is 450 g/mol. The first-order valence-corrected chi connectivity index (χ1v) is 11.2. The lowest BCUT2D eigenvalue weighted by molar-refractivity contribution is -0.138. The summed E-state index contributed by atoms with van der Waals surface area (Å²) >= 11 is 0. The van der Waals surface area contributed by atoms with Crippen LogP contribution in [-0.2, 0) is 9.59 Å². The van der Waals surface area contributed by atoms with Crippen molar-refractivity contribution in [3.8, 4) is 0 Å². The van der Waals surface area contributed by atoms with Gasteiger partial charge in [0.2, 0.25) is 5.91 Å². The van der Waals surface area contributed by atoms with E-state index in [2.05, 4.69) is 26.2 Å². The molecule has 2 amide bonds. The quantitative estimate of drug-likeness (QED) is 0.368. The van der Waals surface area contributed by atoms with Gasteiger partial charge in [0, 0.05) is 50.9 Å². The molecule has 2 atom stereocenters. The SMILES string of the molecule is O=C(O)C[C@H](NC(=O)CCNC(=O)c1cc(N2CCNCC2)ccc1F)C1CCCNC1. The van der Waals surface area contributed by atoms with E-state index < -0.39 is 23.7 Å². The maximum absolute atomic E-state index is 14.2. The van der Waals surface area contributed by atoms with Gasteiger partial charge in [-0.15, -0.1) is 0 Å². The number of carboxylic acids is 1. The number of nitrogens with zero attached hydrogens (tertiary/aromatic N) is 1. The fourth-order valence-electron chi connectivity index (χ4n) is 4.22. The molecule has 2 fully saturated rings. The minimum absolute atomic E-state index is 0.0128. The molecular weight excluding hydrogens is 417 g/mol. The molecule has 1 aromatic rings. The fraction of sp³-hybridized carbons (Fsp3) is 0.591. The number of carbonyl (C=O) groups is 3. The zero-order valence-electron chi connectivity index (χ0n) is 18.2. The highest BCUT2D eigenvalue weighted by Gasteiger charge is 2.27. The summed E-state index contributed by atoms with van der Waals surface area (Å²) in [6, 6.07) is 4.02. The van der Waals surface area contributed by atoms with Crippen LogP contribution in [0.25, 0.3) is 0 Å². The van der Waals surface area contributed by atoms with Gasteiger partial charge in [-0.3, -0.25) is 14.4 Å². The van der Waals surface area contributed by atoms with Gasteiger partial charge in [0.25, 0.3) is 5.91 Å². The van der Waals surface area contributed by atoms with Gasteiger partial charge >= 0.3 is 5.97 Å². The lowest BCUT2D eigenvalue weighted by Crippen LogP contribution is -2.47. The Morgan fingerprint density at radius 2 is 1.97 bits per heavy atom. The number of hydrogen-bond donors (Lipinski definition) is 5. The Morgan fingerprint density at radius 1 is 1.19 bits per heavy atom. The molecule has 2 aliphatic heterocycles. The van der Waals surface area contributed by atoms with E-state index in [1.807, 2.05) is 0 Å². The van der Waals surface area contributed by atoms with Crippen molar-refractivity contribution in [3.63, 3.8) is 0 Å². The number of hydrogen-bond acceptors (Lipinski definition) is 6. The Bertz CT molecular complexity index is 810. The topological polar surface area (TPSA) is 123 Å². The van der Waals surface area contributed by atoms with Crippen molar-refractivity contribution in [3.05, 3.63) is 29.6 Å². The first-order valence-electron chi connectivity index (χ1n) is 11.2. The van der Waals surface area contributed by atoms with Crippen LogP contribution in [0.5, 0.6) is 0 Å². The Balaban J connectivity index is 1.51. The fourth-order valence-corrected chi connectivity index (χ4v) is 4.22. The van der Waals surface area contributed by atoms with E-state index in [1.54, 1.807) is 6.07 Å². The normalized spacial score (nSPS) is 19.8. The summed E-state index contributed by atoms with van der Waals surface area (Å²) in [5, 5.41) is 21.0. The molecule has 9 nitrogen and oxygen atoms in total. The molecule has 0 bridgehead atoms. The van der Waals surface area contributed by atoms with Crippen molar-refractivity contribution in [1.82, 2.24) is 21.3 Å². The highest BCUT2D eigenvalue weighted by atomic mass is 19.1. The molecule has 10 heteroatoms. The third kappa shape index (κ3) is 6.89. The smallest absolute Gasteiger partial charge is 0.305 e. The van der Waals surface area contributed by atoms with Crippen molar-refractivity contribution in [2.75, 3.05) is 50.7 Å². The number of carboxylic acid groups (broad SMARTS) is 1. The summed E-state index contributed by atoms with van der Waals surface area (Å²) in [6.45, 7) is 4.80. The van der Waals surface area contributed by atoms with Gasteiger partial charge in [0.05, 0.1) is 12.0 Å². The zero-order valence-corrected chi connectivity index (χ0v) is 18.2. The molecule has 1 unspecified atom stereocenters. The molecule has 32 heavy (non-hydrogen) atoms. The molecule has 0 spiro atoms. The molecule has 176 valence electrons. The summed E-state index contributed by atoms with van der Waals surface area (Å²) < 4.78 is 14.2. The second-order valence-electron chi connectivity index (χ2n) is 8.29. The van der Waals surface area contributed by atoms with E-state index in [4.69, 9.17) is 0 Å². The number of benzene rings is 1. The third-order valence-corrected chi connectivity index (χ3v) is 5.96. The van der Waals surface area contributed by atoms with Crippen LogP contribution in [0.15, 0.2) is 18.2 Å². The van der Waals surface area contributed by atoms with Gasteiger partial charge in [0.1, 0.15) is 5.82 Å². The van der Waals surface area contributed by atoms with Gasteiger partial charge in [0.15, 0.2) is 0 Å². The minimum Gasteiger partial charge on any atom is -0.481 e. The Morgan fingerprint density at radius 3 is 2.66 bits per heavy atom. The number of nitrogens with one attached hydrogen (secondary N) is 4. The number of piperazine rings is 1. The van der Waals surface area contributed by atoms with Gasteiger partial charge < -0.3 is 31.3 Å². The Hall–Kier alpha value is -2.72. The van der Waals surface area contributed by atoms with Gasteiger partial charge in [-0.25, -0.2) is 4.39 Å². The lowest BCUT2D eigenvalue weighted by Gasteiger charge is -2.30. The molecule has 2 heterocycles. The zero-order chi connectivity index (χ0) is 22.9. The highest BCUT2D eigenvalue weighted by Crippen LogP contribution is 2.20. The number of anilines is 1. The monoisotopic (exact) mass is 449 g/mol. The first kappa shape index (κ1) is 23.9. The van der Waals surface area contributed by atoms with Crippen molar-refractivity contribution < 1.29 is 23.9 Å². The second kappa shape index (κ2) is 11.8. The minimum atomic E-state index is -0.964. The molecule has 0 saturated carbocycles. The molecule has 2 aliphatic rings. The van der Waals surface area contributed by atoms with E-state index in [-0.39, 0.29) is 36.8 Å². The summed E-state index contributed by atoms with van der Waals surface area (Å²) in [6.07, 6.45) is 1.63. The van der Waals surface area contributed by atoms with E-state index in [0.29, 0.717) is 6.54 Å². The van der Waals surface area contributed by atoms with E-state index in [1.165, 1.54) is 12.1 Å². The number of rotatable bonds is 9. The molecule has 5 N–H and O–H groups in total. The molecule has 0 aliphatic carbocycles. The summed E-state index contributed by atoms with van der Waals surface area (Å²) in [4.78, 5) is 38.1. The largest absolute Gasteiger partial charge is 0.481 e. The number of piperidine rings is 1. The lowest BCUT2D eigenvalue weighted by atomic mass is 9.89. The van der Waals surface area contributed by atoms with Crippen LogP contribution in [-0.4, -0.2) is 74.7 Å². The molecule has 0 aromatic heterocycles. The number of amides is 2. The first-order chi connectivity index (χ1) is 15.4. The average Bonchev–Trinajstić information content (AvgIpc) is 2.79. The highest BCUT2D eigenvalue weighted by molar-refractivity contribution is 5.95. The third-order valence-electron chi connectivity index (χ3n) is 5.96. The van der Waals surface area contributed by atoms with Crippen LogP contribution in [0.4, 0.5) is 10.1 Å². The molecular formula is C22H32FN5O4. The maximum atomic E-state index is 14.2. The molecule has 0 radical (unpaired) electrons. The van der Waals surface area contributed by atoms with Crippen molar-refractivity contribution in [2.45, 2.75) is 31.7 Å². The van der Waals surface area contributed by atoms with Crippen LogP contribution in [0.3, 0.4) is 0 Å². The van der Waals surface area contributed by atoms with E-state index in [9.17, 15) is 23.9 Å². The van der Waals surface area contributed by atoms with Crippen LogP contribution >= 0.6 is 0 Å². The van der Waals surface area contributed by atoms with Crippen molar-refractivity contribution >= 4 is 23.5 Å². The van der Waals surface area contributed by atoms with Crippen molar-refractivity contribution in [2.24, 2.45) is 5.92 Å². The predicted octanol–water partition coefficient (Wildman–Crippen LogP) is 0.314. The van der Waals surface area contributed by atoms with E-state index >= 15 is 0 Å². The Kier molecular flexibility index (Phi) is 8.81. The summed E-state index contributed by atoms with van der Waals surface area (Å²) in [7, 11) is 0. The van der Waals surface area contributed by atoms with Gasteiger partial charge in [-0.2, -0.15) is 0 Å². The van der Waals surface area contributed by atoms with Gasteiger partial charge in [-0.1, -0.05) is 0 Å². The van der Waals surface area contributed by atoms with Crippen LogP contribution in [0.1, 0.15) is 36.0 Å². The van der Waals surface area contributed by atoms with Crippen LogP contribution < -0.4 is 26.2 Å². The predicted molar refractivity (Wildman–Crippen MR) is 118 cm³/mol. The van der Waals surface area contributed by atoms with Crippen molar-refractivity contribution in [1.29, 1.82) is 0 Å². The second-order valence-corrected chi connectivity index (χ2v) is 8.29. The Labute approximate surface area is 187 Å². The van der Waals surface area contributed by atoms with E-state index in [0.717, 1.165) is 51.3 Å². The standard InChI is InChI=1S/C22H32FN5O4/c23-18-4-3-16(28-10-8-24-9-11-28)12-17(18)22(32)26-7-5-20(29)27-19(13-21(30)31)15-2-1-6-25-14-15/h3-4,12,15,19,24-25H,1-2,5-11,13-14H2,(H,26,32)(H,27,29)(H,30,31)/t15?,19-/m0/s1. The van der Waals surface area contributed by atoms with Crippen LogP contribution in [0, 0.1) is 11.7 Å². The molecule has 3 rings (SSSR count). The maximum Gasteiger partial charge on any atom is 0.305 e. The molecule has 2 saturated heterocycles.